The number of rotatable bonds is 5. The molecule has 0 aliphatic heterocycles. The summed E-state index contributed by atoms with van der Waals surface area (Å²) < 4.78 is 53.0. The van der Waals surface area contributed by atoms with Crippen molar-refractivity contribution in [3.8, 4) is 0 Å². The van der Waals surface area contributed by atoms with E-state index in [1.54, 1.807) is 17.9 Å². The van der Waals surface area contributed by atoms with Gasteiger partial charge in [0.2, 0.25) is 0 Å². The molecular weight excluding hydrogens is 450 g/mol. The topological polar surface area (TPSA) is 67.1 Å². The van der Waals surface area contributed by atoms with Crippen LogP contribution in [0.25, 0.3) is 0 Å². The van der Waals surface area contributed by atoms with Crippen molar-refractivity contribution in [2.24, 2.45) is 24.8 Å². The zero-order valence-electron chi connectivity index (χ0n) is 17.4. The predicted molar refractivity (Wildman–Crippen MR) is 111 cm³/mol. The molecule has 0 bridgehead atoms. The number of amides is 1. The standard InChI is InChI=1S/C22H24ClF4N3O2/c1-30-10-28-19(20(30)21(32)29-15-2-3-17(24)16(23)9-15)14-7-12-4-11(5-13(12)8-14)6-18(31)22(25,26)27/h2-3,9-14,18,31H,4-8H2,1H3,(H,29,32). The number of aromatic nitrogens is 2. The van der Waals surface area contributed by atoms with Crippen molar-refractivity contribution in [3.63, 3.8) is 0 Å². The molecule has 32 heavy (non-hydrogen) atoms. The number of alkyl halides is 3. The van der Waals surface area contributed by atoms with Gasteiger partial charge < -0.3 is 15.0 Å². The van der Waals surface area contributed by atoms with Crippen LogP contribution in [0, 0.1) is 23.6 Å². The molecule has 1 aromatic carbocycles. The fraction of sp³-hybridized carbons (Fsp3) is 0.545. The minimum Gasteiger partial charge on any atom is -0.384 e. The lowest BCUT2D eigenvalue weighted by molar-refractivity contribution is -0.208. The fourth-order valence-corrected chi connectivity index (χ4v) is 5.58. The highest BCUT2D eigenvalue weighted by molar-refractivity contribution is 6.31. The van der Waals surface area contributed by atoms with Crippen molar-refractivity contribution < 1.29 is 27.5 Å². The van der Waals surface area contributed by atoms with Crippen molar-refractivity contribution in [2.45, 2.75) is 50.3 Å². The van der Waals surface area contributed by atoms with Crippen LogP contribution in [-0.2, 0) is 7.05 Å². The van der Waals surface area contributed by atoms with Crippen molar-refractivity contribution >= 4 is 23.2 Å². The average molecular weight is 474 g/mol. The number of carbonyl (C=O) groups excluding carboxylic acids is 1. The minimum absolute atomic E-state index is 0.0391. The number of nitrogens with zero attached hydrogens (tertiary/aromatic N) is 2. The van der Waals surface area contributed by atoms with Gasteiger partial charge in [0.25, 0.3) is 5.91 Å². The van der Waals surface area contributed by atoms with Gasteiger partial charge in [0, 0.05) is 18.7 Å². The molecule has 10 heteroatoms. The summed E-state index contributed by atoms with van der Waals surface area (Å²) in [6.45, 7) is 0. The van der Waals surface area contributed by atoms with Crippen LogP contribution in [0.1, 0.15) is 54.2 Å². The number of hydrogen-bond donors (Lipinski definition) is 2. The Morgan fingerprint density at radius 1 is 1.28 bits per heavy atom. The number of aliphatic hydroxyl groups excluding tert-OH is 1. The Bertz CT molecular complexity index is 996. The van der Waals surface area contributed by atoms with Crippen molar-refractivity contribution in [1.82, 2.24) is 9.55 Å². The van der Waals surface area contributed by atoms with Gasteiger partial charge in [-0.2, -0.15) is 13.2 Å². The SMILES string of the molecule is Cn1cnc(C2CC3CC(CC(O)C(F)(F)F)CC3C2)c1C(=O)Nc1ccc(F)c(Cl)c1. The molecule has 2 fully saturated rings. The molecule has 2 aromatic rings. The van der Waals surface area contributed by atoms with Crippen LogP contribution in [0.2, 0.25) is 5.02 Å². The van der Waals surface area contributed by atoms with E-state index in [2.05, 4.69) is 10.3 Å². The monoisotopic (exact) mass is 473 g/mol. The molecule has 3 unspecified atom stereocenters. The number of imidazole rings is 1. The Hall–Kier alpha value is -2.13. The second-order valence-electron chi connectivity index (χ2n) is 8.99. The van der Waals surface area contributed by atoms with Crippen LogP contribution >= 0.6 is 11.6 Å². The molecular formula is C22H24ClF4N3O2. The number of carbonyl (C=O) groups is 1. The Morgan fingerprint density at radius 2 is 1.94 bits per heavy atom. The van der Waals surface area contributed by atoms with E-state index in [9.17, 15) is 27.5 Å². The molecule has 3 atom stereocenters. The first kappa shape index (κ1) is 23.0. The summed E-state index contributed by atoms with van der Waals surface area (Å²) in [6, 6.07) is 3.93. The summed E-state index contributed by atoms with van der Waals surface area (Å²) in [5, 5.41) is 12.0. The number of aryl methyl sites for hydroxylation is 1. The first-order valence-electron chi connectivity index (χ1n) is 10.5. The maximum absolute atomic E-state index is 13.4. The largest absolute Gasteiger partial charge is 0.414 e. The molecule has 1 heterocycles. The molecule has 1 aromatic heterocycles. The van der Waals surface area contributed by atoms with Gasteiger partial charge in [0.05, 0.1) is 17.0 Å². The van der Waals surface area contributed by atoms with E-state index in [0.29, 0.717) is 29.9 Å². The number of hydrogen-bond acceptors (Lipinski definition) is 3. The minimum atomic E-state index is -4.58. The lowest BCUT2D eigenvalue weighted by atomic mass is 9.92. The van der Waals surface area contributed by atoms with E-state index in [-0.39, 0.29) is 41.0 Å². The van der Waals surface area contributed by atoms with Gasteiger partial charge in [-0.1, -0.05) is 11.6 Å². The molecule has 5 nitrogen and oxygen atoms in total. The summed E-state index contributed by atoms with van der Waals surface area (Å²) in [6.07, 6.45) is -2.73. The first-order chi connectivity index (χ1) is 15.0. The van der Waals surface area contributed by atoms with Crippen LogP contribution in [0.4, 0.5) is 23.2 Å². The van der Waals surface area contributed by atoms with E-state index in [1.807, 2.05) is 0 Å². The molecule has 4 rings (SSSR count). The lowest BCUT2D eigenvalue weighted by Crippen LogP contribution is -2.30. The van der Waals surface area contributed by atoms with Crippen LogP contribution in [0.15, 0.2) is 24.5 Å². The molecule has 1 amide bonds. The number of anilines is 1. The van der Waals surface area contributed by atoms with E-state index in [1.165, 1.54) is 18.2 Å². The number of aliphatic hydroxyl groups is 1. The Balaban J connectivity index is 1.42. The molecule has 2 aliphatic rings. The Morgan fingerprint density at radius 3 is 2.53 bits per heavy atom. The Kier molecular flexibility index (Phi) is 6.24. The van der Waals surface area contributed by atoms with Crippen LogP contribution in [0.5, 0.6) is 0 Å². The molecule has 0 saturated heterocycles. The summed E-state index contributed by atoms with van der Waals surface area (Å²) in [5.41, 5.74) is 1.43. The third-order valence-electron chi connectivity index (χ3n) is 6.79. The molecule has 2 aliphatic carbocycles. The highest BCUT2D eigenvalue weighted by Crippen LogP contribution is 2.53. The summed E-state index contributed by atoms with van der Waals surface area (Å²) in [5.74, 6) is -0.539. The van der Waals surface area contributed by atoms with Crippen LogP contribution in [-0.4, -0.2) is 32.8 Å². The zero-order valence-corrected chi connectivity index (χ0v) is 18.1. The van der Waals surface area contributed by atoms with Crippen LogP contribution < -0.4 is 5.32 Å². The normalized spacial score (nSPS) is 26.2. The van der Waals surface area contributed by atoms with E-state index in [4.69, 9.17) is 11.6 Å². The molecule has 174 valence electrons. The molecule has 0 spiro atoms. The first-order valence-corrected chi connectivity index (χ1v) is 10.9. The van der Waals surface area contributed by atoms with Crippen LogP contribution in [0.3, 0.4) is 0 Å². The third kappa shape index (κ3) is 4.64. The maximum atomic E-state index is 13.4. The van der Waals surface area contributed by atoms with Gasteiger partial charge in [-0.25, -0.2) is 9.37 Å². The van der Waals surface area contributed by atoms with Gasteiger partial charge in [-0.15, -0.1) is 0 Å². The number of benzene rings is 1. The van der Waals surface area contributed by atoms with Crippen molar-refractivity contribution in [2.75, 3.05) is 5.32 Å². The zero-order chi connectivity index (χ0) is 23.2. The number of halogens is 5. The van der Waals surface area contributed by atoms with Crippen molar-refractivity contribution in [1.29, 1.82) is 0 Å². The molecule has 2 saturated carbocycles. The summed E-state index contributed by atoms with van der Waals surface area (Å²) in [4.78, 5) is 17.4. The van der Waals surface area contributed by atoms with Gasteiger partial charge in [-0.3, -0.25) is 4.79 Å². The number of nitrogens with one attached hydrogen (secondary N) is 1. The quantitative estimate of drug-likeness (QED) is 0.579. The number of fused-ring (bicyclic) bond motifs is 1. The van der Waals surface area contributed by atoms with Crippen molar-refractivity contribution in [3.05, 3.63) is 46.8 Å². The molecule has 2 N–H and O–H groups in total. The smallest absolute Gasteiger partial charge is 0.384 e. The predicted octanol–water partition coefficient (Wildman–Crippen LogP) is 5.30. The Labute approximate surface area is 187 Å². The van der Waals surface area contributed by atoms with E-state index >= 15 is 0 Å². The lowest BCUT2D eigenvalue weighted by Gasteiger charge is -2.20. The van der Waals surface area contributed by atoms with Gasteiger partial charge >= 0.3 is 6.18 Å². The van der Waals surface area contributed by atoms with Gasteiger partial charge in [-0.05, 0) is 68.1 Å². The highest BCUT2D eigenvalue weighted by atomic mass is 35.5. The maximum Gasteiger partial charge on any atom is 0.414 e. The summed E-state index contributed by atoms with van der Waals surface area (Å²) in [7, 11) is 1.72. The average Bonchev–Trinajstić information content (AvgIpc) is 3.36. The van der Waals surface area contributed by atoms with Gasteiger partial charge in [0.1, 0.15) is 17.6 Å². The second-order valence-corrected chi connectivity index (χ2v) is 9.40. The molecule has 0 radical (unpaired) electrons. The second kappa shape index (κ2) is 8.67. The third-order valence-corrected chi connectivity index (χ3v) is 7.08. The van der Waals surface area contributed by atoms with E-state index in [0.717, 1.165) is 12.8 Å². The summed E-state index contributed by atoms with van der Waals surface area (Å²) >= 11 is 5.79. The highest BCUT2D eigenvalue weighted by Gasteiger charge is 2.46. The van der Waals surface area contributed by atoms with Gasteiger partial charge in [0.15, 0.2) is 0 Å². The fourth-order valence-electron chi connectivity index (χ4n) is 5.39. The van der Waals surface area contributed by atoms with E-state index < -0.39 is 18.1 Å².